The highest BCUT2D eigenvalue weighted by Gasteiger charge is 2.07. The Morgan fingerprint density at radius 2 is 1.71 bits per heavy atom. The average Bonchev–Trinajstić information content (AvgIpc) is 2.49. The maximum absolute atomic E-state index is 12.5. The molecule has 3 heteroatoms. The topological polar surface area (TPSA) is 42.2 Å². The van der Waals surface area contributed by atoms with Crippen LogP contribution in [0.2, 0.25) is 0 Å². The Labute approximate surface area is 123 Å². The molecule has 0 unspecified atom stereocenters. The van der Waals surface area contributed by atoms with Crippen LogP contribution in [0.25, 0.3) is 11.0 Å². The van der Waals surface area contributed by atoms with Crippen molar-refractivity contribution in [2.45, 2.75) is 20.4 Å². The highest BCUT2D eigenvalue weighted by molar-refractivity contribution is 5.77. The average molecular weight is 279 g/mol. The second-order valence-electron chi connectivity index (χ2n) is 5.31. The first-order valence-electron chi connectivity index (χ1n) is 6.95. The minimum Gasteiger partial charge on any atom is -0.464 e. The number of nitrogens with one attached hydrogen (secondary N) is 1. The Kier molecular flexibility index (Phi) is 3.48. The third kappa shape index (κ3) is 2.82. The molecule has 0 saturated heterocycles. The fraction of sp³-hybridized carbons (Fsp3) is 0.167. The molecule has 21 heavy (non-hydrogen) atoms. The minimum atomic E-state index is 0.0274. The molecule has 0 amide bonds. The molecule has 1 heterocycles. The summed E-state index contributed by atoms with van der Waals surface area (Å²) in [5, 5.41) is 3.89. The Bertz CT molecular complexity index is 832. The number of hydrogen-bond donors (Lipinski definition) is 1. The SMILES string of the molecule is Cc1ccc(NCc2coc3ccc(C)cc3c2=O)cc1. The summed E-state index contributed by atoms with van der Waals surface area (Å²) in [6.45, 7) is 4.47. The molecule has 0 aliphatic rings. The standard InChI is InChI=1S/C18H17NO2/c1-12-3-6-15(7-4-12)19-10-14-11-21-17-8-5-13(2)9-16(17)18(14)20/h3-9,11,19H,10H2,1-2H3. The van der Waals surface area contributed by atoms with Gasteiger partial charge >= 0.3 is 0 Å². The molecule has 2 aromatic carbocycles. The van der Waals surface area contributed by atoms with Crippen molar-refractivity contribution in [2.75, 3.05) is 5.32 Å². The van der Waals surface area contributed by atoms with Crippen LogP contribution in [-0.4, -0.2) is 0 Å². The van der Waals surface area contributed by atoms with Gasteiger partial charge < -0.3 is 9.73 Å². The molecule has 0 spiro atoms. The first-order chi connectivity index (χ1) is 10.1. The van der Waals surface area contributed by atoms with Crippen LogP contribution in [0.4, 0.5) is 5.69 Å². The highest BCUT2D eigenvalue weighted by Crippen LogP contribution is 2.14. The lowest BCUT2D eigenvalue weighted by molar-refractivity contribution is 0.594. The largest absolute Gasteiger partial charge is 0.464 e. The lowest BCUT2D eigenvalue weighted by atomic mass is 10.1. The van der Waals surface area contributed by atoms with Gasteiger partial charge in [-0.2, -0.15) is 0 Å². The first kappa shape index (κ1) is 13.4. The van der Waals surface area contributed by atoms with Gasteiger partial charge in [0.1, 0.15) is 5.58 Å². The predicted octanol–water partition coefficient (Wildman–Crippen LogP) is 4.02. The Morgan fingerprint density at radius 1 is 1.00 bits per heavy atom. The van der Waals surface area contributed by atoms with Crippen molar-refractivity contribution in [1.82, 2.24) is 0 Å². The second kappa shape index (κ2) is 5.44. The van der Waals surface area contributed by atoms with Crippen LogP contribution in [0.15, 0.2) is 57.9 Å². The lowest BCUT2D eigenvalue weighted by Crippen LogP contribution is -2.13. The maximum atomic E-state index is 12.5. The van der Waals surface area contributed by atoms with Crippen molar-refractivity contribution in [3.63, 3.8) is 0 Å². The van der Waals surface area contributed by atoms with Crippen LogP contribution < -0.4 is 10.7 Å². The van der Waals surface area contributed by atoms with E-state index in [0.717, 1.165) is 11.3 Å². The van der Waals surface area contributed by atoms with E-state index in [1.165, 1.54) is 5.56 Å². The zero-order valence-corrected chi connectivity index (χ0v) is 12.1. The Morgan fingerprint density at radius 3 is 2.48 bits per heavy atom. The second-order valence-corrected chi connectivity index (χ2v) is 5.31. The Balaban J connectivity index is 1.89. The van der Waals surface area contributed by atoms with Crippen molar-refractivity contribution in [3.05, 3.63) is 75.6 Å². The number of fused-ring (bicyclic) bond motifs is 1. The monoisotopic (exact) mass is 279 g/mol. The molecule has 0 radical (unpaired) electrons. The summed E-state index contributed by atoms with van der Waals surface area (Å²) in [5.74, 6) is 0. The van der Waals surface area contributed by atoms with Gasteiger partial charge in [0.25, 0.3) is 0 Å². The number of aryl methyl sites for hydroxylation is 2. The molecule has 0 saturated carbocycles. The van der Waals surface area contributed by atoms with Crippen molar-refractivity contribution in [3.8, 4) is 0 Å². The minimum absolute atomic E-state index is 0.0274. The van der Waals surface area contributed by atoms with Gasteiger partial charge in [0.05, 0.1) is 17.2 Å². The van der Waals surface area contributed by atoms with E-state index < -0.39 is 0 Å². The van der Waals surface area contributed by atoms with E-state index in [1.807, 2.05) is 56.3 Å². The molecule has 0 fully saturated rings. The third-order valence-electron chi connectivity index (χ3n) is 3.53. The van der Waals surface area contributed by atoms with Crippen LogP contribution in [0.3, 0.4) is 0 Å². The van der Waals surface area contributed by atoms with Crippen LogP contribution in [0.5, 0.6) is 0 Å². The van der Waals surface area contributed by atoms with Gasteiger partial charge in [0.2, 0.25) is 0 Å². The van der Waals surface area contributed by atoms with Crippen LogP contribution >= 0.6 is 0 Å². The van der Waals surface area contributed by atoms with Gasteiger partial charge in [-0.25, -0.2) is 0 Å². The quantitative estimate of drug-likeness (QED) is 0.787. The number of benzene rings is 2. The molecular weight excluding hydrogens is 262 g/mol. The smallest absolute Gasteiger partial charge is 0.197 e. The zero-order chi connectivity index (χ0) is 14.8. The van der Waals surface area contributed by atoms with Crippen molar-refractivity contribution >= 4 is 16.7 Å². The van der Waals surface area contributed by atoms with Crippen LogP contribution in [0, 0.1) is 13.8 Å². The summed E-state index contributed by atoms with van der Waals surface area (Å²) in [5.41, 5.74) is 4.54. The Hall–Kier alpha value is -2.55. The van der Waals surface area contributed by atoms with Gasteiger partial charge in [0, 0.05) is 12.2 Å². The van der Waals surface area contributed by atoms with Crippen molar-refractivity contribution in [2.24, 2.45) is 0 Å². The van der Waals surface area contributed by atoms with Crippen molar-refractivity contribution < 1.29 is 4.42 Å². The van der Waals surface area contributed by atoms with Gasteiger partial charge in [-0.05, 0) is 38.1 Å². The van der Waals surface area contributed by atoms with Crippen LogP contribution in [-0.2, 0) is 6.54 Å². The number of rotatable bonds is 3. The summed E-state index contributed by atoms with van der Waals surface area (Å²) in [6.07, 6.45) is 1.54. The third-order valence-corrected chi connectivity index (χ3v) is 3.53. The van der Waals surface area contributed by atoms with E-state index in [4.69, 9.17) is 4.42 Å². The summed E-state index contributed by atoms with van der Waals surface area (Å²) in [7, 11) is 0. The van der Waals surface area contributed by atoms with Gasteiger partial charge in [-0.3, -0.25) is 4.79 Å². The molecule has 106 valence electrons. The van der Waals surface area contributed by atoms with E-state index in [0.29, 0.717) is 23.1 Å². The molecule has 0 atom stereocenters. The van der Waals surface area contributed by atoms with Crippen LogP contribution in [0.1, 0.15) is 16.7 Å². The fourth-order valence-corrected chi connectivity index (χ4v) is 2.28. The molecule has 3 rings (SSSR count). The summed E-state index contributed by atoms with van der Waals surface area (Å²) in [6, 6.07) is 13.7. The molecule has 0 aliphatic heterocycles. The number of anilines is 1. The normalized spacial score (nSPS) is 10.8. The molecule has 0 bridgehead atoms. The lowest BCUT2D eigenvalue weighted by Gasteiger charge is -2.07. The zero-order valence-electron chi connectivity index (χ0n) is 12.1. The molecule has 3 nitrogen and oxygen atoms in total. The fourth-order valence-electron chi connectivity index (χ4n) is 2.28. The van der Waals surface area contributed by atoms with Gasteiger partial charge in [0.15, 0.2) is 5.43 Å². The van der Waals surface area contributed by atoms with E-state index in [2.05, 4.69) is 5.32 Å². The van der Waals surface area contributed by atoms with E-state index in [-0.39, 0.29) is 5.43 Å². The predicted molar refractivity (Wildman–Crippen MR) is 85.7 cm³/mol. The summed E-state index contributed by atoms with van der Waals surface area (Å²) >= 11 is 0. The van der Waals surface area contributed by atoms with E-state index >= 15 is 0 Å². The van der Waals surface area contributed by atoms with Gasteiger partial charge in [-0.15, -0.1) is 0 Å². The van der Waals surface area contributed by atoms with E-state index in [1.54, 1.807) is 6.26 Å². The summed E-state index contributed by atoms with van der Waals surface area (Å²) < 4.78 is 5.55. The molecule has 0 aliphatic carbocycles. The first-order valence-corrected chi connectivity index (χ1v) is 6.95. The summed E-state index contributed by atoms with van der Waals surface area (Å²) in [4.78, 5) is 12.5. The van der Waals surface area contributed by atoms with Crippen molar-refractivity contribution in [1.29, 1.82) is 0 Å². The highest BCUT2D eigenvalue weighted by atomic mass is 16.3. The van der Waals surface area contributed by atoms with E-state index in [9.17, 15) is 4.79 Å². The van der Waals surface area contributed by atoms with Gasteiger partial charge in [-0.1, -0.05) is 29.3 Å². The molecular formula is C18H17NO2. The molecule has 1 aromatic heterocycles. The number of hydrogen-bond acceptors (Lipinski definition) is 3. The molecule has 3 aromatic rings. The molecule has 1 N–H and O–H groups in total. The maximum Gasteiger partial charge on any atom is 0.197 e.